The van der Waals surface area contributed by atoms with E-state index in [-0.39, 0.29) is 6.61 Å². The SMILES string of the molecule is CCOC(=O)c1cnc2c(Cl)c(Cl)ccc2c1Nc1ccc(OC)cc1. The van der Waals surface area contributed by atoms with Gasteiger partial charge in [-0.3, -0.25) is 4.98 Å². The Labute approximate surface area is 160 Å². The molecular formula is C19H16Cl2N2O3. The third kappa shape index (κ3) is 3.54. The lowest BCUT2D eigenvalue weighted by Gasteiger charge is -2.15. The molecule has 0 aliphatic rings. The first kappa shape index (κ1) is 18.3. The maximum Gasteiger partial charge on any atom is 0.341 e. The molecule has 1 heterocycles. The number of halogens is 2. The number of aromatic nitrogens is 1. The summed E-state index contributed by atoms with van der Waals surface area (Å²) in [6.45, 7) is 2.01. The highest BCUT2D eigenvalue weighted by molar-refractivity contribution is 6.45. The van der Waals surface area contributed by atoms with Gasteiger partial charge in [0.1, 0.15) is 11.3 Å². The zero-order chi connectivity index (χ0) is 18.7. The van der Waals surface area contributed by atoms with Crippen molar-refractivity contribution in [2.24, 2.45) is 0 Å². The van der Waals surface area contributed by atoms with Gasteiger partial charge >= 0.3 is 5.97 Å². The van der Waals surface area contributed by atoms with Crippen molar-refractivity contribution < 1.29 is 14.3 Å². The lowest BCUT2D eigenvalue weighted by Crippen LogP contribution is -2.09. The summed E-state index contributed by atoms with van der Waals surface area (Å²) in [5.41, 5.74) is 2.14. The van der Waals surface area contributed by atoms with Gasteiger partial charge in [0, 0.05) is 17.3 Å². The average molecular weight is 391 g/mol. The minimum Gasteiger partial charge on any atom is -0.497 e. The molecule has 0 saturated heterocycles. The van der Waals surface area contributed by atoms with Crippen LogP contribution in [0.1, 0.15) is 17.3 Å². The van der Waals surface area contributed by atoms with Gasteiger partial charge in [0.05, 0.1) is 35.0 Å². The van der Waals surface area contributed by atoms with Gasteiger partial charge in [-0.2, -0.15) is 0 Å². The molecule has 5 nitrogen and oxygen atoms in total. The van der Waals surface area contributed by atoms with Crippen LogP contribution in [-0.2, 0) is 4.74 Å². The van der Waals surface area contributed by atoms with E-state index in [1.54, 1.807) is 26.2 Å². The first-order valence-corrected chi connectivity index (χ1v) is 8.65. The van der Waals surface area contributed by atoms with Gasteiger partial charge in [0.2, 0.25) is 0 Å². The van der Waals surface area contributed by atoms with Crippen LogP contribution < -0.4 is 10.1 Å². The highest BCUT2D eigenvalue weighted by atomic mass is 35.5. The number of ether oxygens (including phenoxy) is 2. The number of benzene rings is 2. The molecule has 26 heavy (non-hydrogen) atoms. The van der Waals surface area contributed by atoms with Crippen molar-refractivity contribution in [2.45, 2.75) is 6.92 Å². The van der Waals surface area contributed by atoms with E-state index < -0.39 is 5.97 Å². The predicted octanol–water partition coefficient (Wildman–Crippen LogP) is 5.47. The molecule has 0 radical (unpaired) electrons. The molecule has 7 heteroatoms. The van der Waals surface area contributed by atoms with Crippen molar-refractivity contribution in [3.8, 4) is 5.75 Å². The molecule has 134 valence electrons. The number of hydrogen-bond donors (Lipinski definition) is 1. The Kier molecular flexibility index (Phi) is 5.49. The van der Waals surface area contributed by atoms with Crippen LogP contribution in [0.2, 0.25) is 10.0 Å². The Hall–Kier alpha value is -2.50. The fourth-order valence-corrected chi connectivity index (χ4v) is 2.89. The summed E-state index contributed by atoms with van der Waals surface area (Å²) >= 11 is 12.4. The number of pyridine rings is 1. The van der Waals surface area contributed by atoms with E-state index in [2.05, 4.69) is 10.3 Å². The van der Waals surface area contributed by atoms with Crippen LogP contribution >= 0.6 is 23.2 Å². The molecule has 0 atom stereocenters. The fraction of sp³-hybridized carbons (Fsp3) is 0.158. The van der Waals surface area contributed by atoms with E-state index in [0.717, 1.165) is 11.4 Å². The summed E-state index contributed by atoms with van der Waals surface area (Å²) in [6, 6.07) is 10.8. The summed E-state index contributed by atoms with van der Waals surface area (Å²) in [4.78, 5) is 16.7. The van der Waals surface area contributed by atoms with Crippen LogP contribution in [-0.4, -0.2) is 24.7 Å². The van der Waals surface area contributed by atoms with E-state index >= 15 is 0 Å². The third-order valence-corrected chi connectivity index (χ3v) is 4.58. The number of methoxy groups -OCH3 is 1. The molecule has 0 saturated carbocycles. The number of anilines is 2. The molecule has 3 aromatic rings. The van der Waals surface area contributed by atoms with Crippen LogP contribution in [0.15, 0.2) is 42.6 Å². The van der Waals surface area contributed by atoms with Gasteiger partial charge in [-0.1, -0.05) is 23.2 Å². The number of hydrogen-bond acceptors (Lipinski definition) is 5. The Morgan fingerprint density at radius 2 is 1.88 bits per heavy atom. The minimum absolute atomic E-state index is 0.264. The van der Waals surface area contributed by atoms with Gasteiger partial charge < -0.3 is 14.8 Å². The van der Waals surface area contributed by atoms with Crippen molar-refractivity contribution in [3.63, 3.8) is 0 Å². The maximum atomic E-state index is 12.4. The molecule has 2 aromatic carbocycles. The third-order valence-electron chi connectivity index (χ3n) is 3.79. The van der Waals surface area contributed by atoms with Gasteiger partial charge in [-0.15, -0.1) is 0 Å². The van der Waals surface area contributed by atoms with Crippen LogP contribution in [0.25, 0.3) is 10.9 Å². The van der Waals surface area contributed by atoms with Gasteiger partial charge in [0.15, 0.2) is 0 Å². The Bertz CT molecular complexity index is 959. The first-order chi connectivity index (χ1) is 12.5. The zero-order valence-electron chi connectivity index (χ0n) is 14.2. The normalized spacial score (nSPS) is 10.6. The maximum absolute atomic E-state index is 12.4. The van der Waals surface area contributed by atoms with E-state index in [0.29, 0.717) is 32.2 Å². The van der Waals surface area contributed by atoms with Crippen molar-refractivity contribution in [3.05, 3.63) is 58.2 Å². The summed E-state index contributed by atoms with van der Waals surface area (Å²) in [6.07, 6.45) is 1.44. The fourth-order valence-electron chi connectivity index (χ4n) is 2.52. The summed E-state index contributed by atoms with van der Waals surface area (Å²) < 4.78 is 10.3. The standard InChI is InChI=1S/C19H16Cl2N2O3/c1-3-26-19(24)14-10-22-18-13(8-9-15(20)16(18)21)17(14)23-11-4-6-12(25-2)7-5-11/h4-10H,3H2,1-2H3,(H,22,23). The molecule has 3 rings (SSSR count). The van der Waals surface area contributed by atoms with Crippen LogP contribution in [0.4, 0.5) is 11.4 Å². The monoisotopic (exact) mass is 390 g/mol. The van der Waals surface area contributed by atoms with Gasteiger partial charge in [0.25, 0.3) is 0 Å². The molecule has 0 unspecified atom stereocenters. The highest BCUT2D eigenvalue weighted by Gasteiger charge is 2.19. The minimum atomic E-state index is -0.469. The van der Waals surface area contributed by atoms with Gasteiger partial charge in [-0.25, -0.2) is 4.79 Å². The number of nitrogens with one attached hydrogen (secondary N) is 1. The molecule has 1 aromatic heterocycles. The summed E-state index contributed by atoms with van der Waals surface area (Å²) in [7, 11) is 1.60. The molecule has 0 aliphatic heterocycles. The molecule has 0 fully saturated rings. The predicted molar refractivity (Wildman–Crippen MR) is 104 cm³/mol. The van der Waals surface area contributed by atoms with Crippen molar-refractivity contribution in [2.75, 3.05) is 19.0 Å². The first-order valence-electron chi connectivity index (χ1n) is 7.90. The molecule has 0 amide bonds. The number of nitrogens with zero attached hydrogens (tertiary/aromatic N) is 1. The van der Waals surface area contributed by atoms with E-state index in [1.807, 2.05) is 24.3 Å². The van der Waals surface area contributed by atoms with Crippen LogP contribution in [0, 0.1) is 0 Å². The second-order valence-electron chi connectivity index (χ2n) is 5.38. The molecule has 1 N–H and O–H groups in total. The van der Waals surface area contributed by atoms with Crippen LogP contribution in [0.5, 0.6) is 5.75 Å². The number of carbonyl (C=O) groups excluding carboxylic acids is 1. The van der Waals surface area contributed by atoms with E-state index in [1.165, 1.54) is 6.20 Å². The van der Waals surface area contributed by atoms with Crippen LogP contribution in [0.3, 0.4) is 0 Å². The topological polar surface area (TPSA) is 60.5 Å². The smallest absolute Gasteiger partial charge is 0.341 e. The lowest BCUT2D eigenvalue weighted by molar-refractivity contribution is 0.0527. The second-order valence-corrected chi connectivity index (χ2v) is 6.16. The largest absolute Gasteiger partial charge is 0.497 e. The van der Waals surface area contributed by atoms with Crippen molar-refractivity contribution >= 4 is 51.4 Å². The highest BCUT2D eigenvalue weighted by Crippen LogP contribution is 2.36. The van der Waals surface area contributed by atoms with E-state index in [9.17, 15) is 4.79 Å². The summed E-state index contributed by atoms with van der Waals surface area (Å²) in [5.74, 6) is 0.263. The Balaban J connectivity index is 2.15. The van der Waals surface area contributed by atoms with Gasteiger partial charge in [-0.05, 0) is 43.3 Å². The Morgan fingerprint density at radius 3 is 2.54 bits per heavy atom. The lowest BCUT2D eigenvalue weighted by atomic mass is 10.1. The molecule has 0 bridgehead atoms. The van der Waals surface area contributed by atoms with E-state index in [4.69, 9.17) is 32.7 Å². The second kappa shape index (κ2) is 7.81. The number of fused-ring (bicyclic) bond motifs is 1. The van der Waals surface area contributed by atoms with Crippen molar-refractivity contribution in [1.82, 2.24) is 4.98 Å². The number of esters is 1. The zero-order valence-corrected chi connectivity index (χ0v) is 15.7. The van der Waals surface area contributed by atoms with Crippen molar-refractivity contribution in [1.29, 1.82) is 0 Å². The molecule has 0 aliphatic carbocycles. The average Bonchev–Trinajstić information content (AvgIpc) is 2.65. The molecular weight excluding hydrogens is 375 g/mol. The number of rotatable bonds is 5. The molecule has 0 spiro atoms. The quantitative estimate of drug-likeness (QED) is 0.585. The number of carbonyl (C=O) groups is 1. The Morgan fingerprint density at radius 1 is 1.15 bits per heavy atom. The summed E-state index contributed by atoms with van der Waals surface area (Å²) in [5, 5.41) is 4.65.